The quantitative estimate of drug-likeness (QED) is 0.888. The lowest BCUT2D eigenvalue weighted by Crippen LogP contribution is -2.07. The van der Waals surface area contributed by atoms with Gasteiger partial charge in [0.2, 0.25) is 0 Å². The summed E-state index contributed by atoms with van der Waals surface area (Å²) in [5.41, 5.74) is 2.12. The van der Waals surface area contributed by atoms with Crippen molar-refractivity contribution in [3.8, 4) is 5.75 Å². The number of ether oxygens (including phenoxy) is 1. The summed E-state index contributed by atoms with van der Waals surface area (Å²) in [6, 6.07) is 13.3. The van der Waals surface area contributed by atoms with Crippen LogP contribution >= 0.6 is 23.2 Å². The van der Waals surface area contributed by atoms with E-state index in [0.717, 1.165) is 28.4 Å². The molecular formula is C15H15Cl2NO. The molecule has 0 aliphatic rings. The minimum absolute atomic E-state index is 0.509. The Hall–Kier alpha value is -1.22. The third-order valence-corrected chi connectivity index (χ3v) is 3.18. The summed E-state index contributed by atoms with van der Waals surface area (Å²) in [5.74, 6) is 0.841. The molecule has 0 spiro atoms. The van der Waals surface area contributed by atoms with Crippen LogP contribution in [0.25, 0.3) is 0 Å². The number of halogens is 2. The molecule has 2 aromatic carbocycles. The summed E-state index contributed by atoms with van der Waals surface area (Å²) in [7, 11) is 1.89. The first kappa shape index (κ1) is 14.2. The van der Waals surface area contributed by atoms with Crippen molar-refractivity contribution in [3.63, 3.8) is 0 Å². The van der Waals surface area contributed by atoms with Crippen LogP contribution in [0.1, 0.15) is 11.1 Å². The van der Waals surface area contributed by atoms with Gasteiger partial charge in [-0.05, 0) is 42.9 Å². The lowest BCUT2D eigenvalue weighted by molar-refractivity contribution is 0.302. The maximum Gasteiger partial charge on any atom is 0.124 e. The zero-order chi connectivity index (χ0) is 13.7. The Morgan fingerprint density at radius 1 is 1.00 bits per heavy atom. The van der Waals surface area contributed by atoms with E-state index in [1.165, 1.54) is 0 Å². The second-order valence-electron chi connectivity index (χ2n) is 4.20. The monoisotopic (exact) mass is 295 g/mol. The van der Waals surface area contributed by atoms with Gasteiger partial charge >= 0.3 is 0 Å². The summed E-state index contributed by atoms with van der Waals surface area (Å²) in [6.07, 6.45) is 0. The fraction of sp³-hybridized carbons (Fsp3) is 0.200. The van der Waals surface area contributed by atoms with Crippen LogP contribution < -0.4 is 10.1 Å². The molecule has 0 saturated carbocycles. The van der Waals surface area contributed by atoms with E-state index in [4.69, 9.17) is 27.9 Å². The molecule has 2 aromatic rings. The van der Waals surface area contributed by atoms with E-state index in [1.54, 1.807) is 0 Å². The van der Waals surface area contributed by atoms with E-state index in [2.05, 4.69) is 5.32 Å². The Balaban J connectivity index is 2.08. The van der Waals surface area contributed by atoms with Crippen LogP contribution in [0.4, 0.5) is 0 Å². The van der Waals surface area contributed by atoms with Crippen LogP contribution in [0.3, 0.4) is 0 Å². The summed E-state index contributed by atoms with van der Waals surface area (Å²) in [6.45, 7) is 1.23. The lowest BCUT2D eigenvalue weighted by Gasteiger charge is -2.12. The average molecular weight is 296 g/mol. The third-order valence-electron chi connectivity index (χ3n) is 2.70. The predicted molar refractivity (Wildman–Crippen MR) is 80.0 cm³/mol. The topological polar surface area (TPSA) is 21.3 Å². The molecule has 0 amide bonds. The van der Waals surface area contributed by atoms with Gasteiger partial charge in [0.25, 0.3) is 0 Å². The van der Waals surface area contributed by atoms with Crippen molar-refractivity contribution >= 4 is 23.2 Å². The molecule has 100 valence electrons. The molecule has 0 aromatic heterocycles. The molecule has 0 unspecified atom stereocenters. The summed E-state index contributed by atoms with van der Waals surface area (Å²) in [4.78, 5) is 0. The number of hydrogen-bond acceptors (Lipinski definition) is 2. The maximum absolute atomic E-state index is 5.99. The predicted octanol–water partition coefficient (Wildman–Crippen LogP) is 4.29. The van der Waals surface area contributed by atoms with Gasteiger partial charge in [-0.25, -0.2) is 0 Å². The Morgan fingerprint density at radius 3 is 2.37 bits per heavy atom. The van der Waals surface area contributed by atoms with Gasteiger partial charge in [-0.3, -0.25) is 0 Å². The van der Waals surface area contributed by atoms with Crippen molar-refractivity contribution in [2.24, 2.45) is 0 Å². The highest BCUT2D eigenvalue weighted by atomic mass is 35.5. The van der Waals surface area contributed by atoms with E-state index >= 15 is 0 Å². The lowest BCUT2D eigenvalue weighted by atomic mass is 10.2. The van der Waals surface area contributed by atoms with Crippen LogP contribution in [0.5, 0.6) is 5.75 Å². The van der Waals surface area contributed by atoms with Crippen LogP contribution in [0.15, 0.2) is 42.5 Å². The Morgan fingerprint density at radius 2 is 1.68 bits per heavy atom. The molecule has 0 radical (unpaired) electrons. The fourth-order valence-corrected chi connectivity index (χ4v) is 2.08. The molecule has 0 aliphatic carbocycles. The zero-order valence-electron chi connectivity index (χ0n) is 10.6. The van der Waals surface area contributed by atoms with Crippen molar-refractivity contribution in [2.75, 3.05) is 7.05 Å². The van der Waals surface area contributed by atoms with E-state index in [0.29, 0.717) is 11.6 Å². The molecule has 0 atom stereocenters. The molecule has 2 nitrogen and oxygen atoms in total. The van der Waals surface area contributed by atoms with Crippen LogP contribution in [-0.4, -0.2) is 7.05 Å². The zero-order valence-corrected chi connectivity index (χ0v) is 12.1. The van der Waals surface area contributed by atoms with Crippen molar-refractivity contribution in [2.45, 2.75) is 13.2 Å². The van der Waals surface area contributed by atoms with Gasteiger partial charge in [0.15, 0.2) is 0 Å². The van der Waals surface area contributed by atoms with Crippen LogP contribution in [-0.2, 0) is 13.2 Å². The highest BCUT2D eigenvalue weighted by Crippen LogP contribution is 2.24. The van der Waals surface area contributed by atoms with Crippen LogP contribution in [0.2, 0.25) is 10.0 Å². The standard InChI is InChI=1S/C15H15Cl2NO/c1-18-9-12-8-14(17)6-7-15(12)19-10-11-2-4-13(16)5-3-11/h2-8,18H,9-10H2,1H3. The minimum atomic E-state index is 0.509. The van der Waals surface area contributed by atoms with Crippen molar-refractivity contribution in [3.05, 3.63) is 63.6 Å². The molecular weight excluding hydrogens is 281 g/mol. The van der Waals surface area contributed by atoms with Crippen molar-refractivity contribution in [1.29, 1.82) is 0 Å². The van der Waals surface area contributed by atoms with Gasteiger partial charge in [-0.1, -0.05) is 35.3 Å². The second-order valence-corrected chi connectivity index (χ2v) is 5.07. The Labute approximate surface area is 123 Å². The fourth-order valence-electron chi connectivity index (χ4n) is 1.76. The smallest absolute Gasteiger partial charge is 0.124 e. The number of rotatable bonds is 5. The molecule has 0 saturated heterocycles. The van der Waals surface area contributed by atoms with E-state index in [9.17, 15) is 0 Å². The van der Waals surface area contributed by atoms with Gasteiger partial charge in [0.1, 0.15) is 12.4 Å². The molecule has 0 fully saturated rings. The van der Waals surface area contributed by atoms with E-state index in [1.807, 2.05) is 49.5 Å². The maximum atomic E-state index is 5.99. The van der Waals surface area contributed by atoms with Gasteiger partial charge in [0, 0.05) is 22.2 Å². The SMILES string of the molecule is CNCc1cc(Cl)ccc1OCc1ccc(Cl)cc1. The van der Waals surface area contributed by atoms with Gasteiger partial charge in [-0.15, -0.1) is 0 Å². The number of nitrogens with one attached hydrogen (secondary N) is 1. The average Bonchev–Trinajstić information content (AvgIpc) is 2.40. The van der Waals surface area contributed by atoms with Crippen molar-refractivity contribution < 1.29 is 4.74 Å². The van der Waals surface area contributed by atoms with E-state index < -0.39 is 0 Å². The summed E-state index contributed by atoms with van der Waals surface area (Å²) in [5, 5.41) is 4.54. The molecule has 4 heteroatoms. The largest absolute Gasteiger partial charge is 0.489 e. The van der Waals surface area contributed by atoms with E-state index in [-0.39, 0.29) is 0 Å². The first-order chi connectivity index (χ1) is 9.19. The van der Waals surface area contributed by atoms with Crippen LogP contribution in [0, 0.1) is 0 Å². The van der Waals surface area contributed by atoms with Gasteiger partial charge < -0.3 is 10.1 Å². The normalized spacial score (nSPS) is 10.5. The minimum Gasteiger partial charge on any atom is -0.489 e. The summed E-state index contributed by atoms with van der Waals surface area (Å²) < 4.78 is 5.83. The first-order valence-electron chi connectivity index (χ1n) is 5.99. The summed E-state index contributed by atoms with van der Waals surface area (Å²) >= 11 is 11.8. The number of benzene rings is 2. The van der Waals surface area contributed by atoms with Crippen molar-refractivity contribution in [1.82, 2.24) is 5.32 Å². The molecule has 0 aliphatic heterocycles. The van der Waals surface area contributed by atoms with Gasteiger partial charge in [-0.2, -0.15) is 0 Å². The molecule has 0 heterocycles. The highest BCUT2D eigenvalue weighted by Gasteiger charge is 2.04. The Bertz CT molecular complexity index is 540. The third kappa shape index (κ3) is 4.13. The second kappa shape index (κ2) is 6.80. The molecule has 2 rings (SSSR count). The first-order valence-corrected chi connectivity index (χ1v) is 6.75. The molecule has 0 bridgehead atoms. The number of hydrogen-bond donors (Lipinski definition) is 1. The highest BCUT2D eigenvalue weighted by molar-refractivity contribution is 6.30. The van der Waals surface area contributed by atoms with Gasteiger partial charge in [0.05, 0.1) is 0 Å². The Kier molecular flexibility index (Phi) is 5.08. The molecule has 19 heavy (non-hydrogen) atoms. The molecule has 1 N–H and O–H groups in total.